The highest BCUT2D eigenvalue weighted by atomic mass is 16.8. The average Bonchev–Trinajstić information content (AvgIpc) is 3.75. The van der Waals surface area contributed by atoms with Gasteiger partial charge in [-0.1, -0.05) is 34.6 Å². The molecule has 4 aliphatic carbocycles. The lowest BCUT2D eigenvalue weighted by atomic mass is 9.41. The minimum Gasteiger partial charge on any atom is -0.394 e. The van der Waals surface area contributed by atoms with Crippen LogP contribution in [0.4, 0.5) is 0 Å². The predicted molar refractivity (Wildman–Crippen MR) is 225 cm³/mol. The summed E-state index contributed by atoms with van der Waals surface area (Å²) in [4.78, 5) is 14.4. The summed E-state index contributed by atoms with van der Waals surface area (Å²) < 4.78 is 47.6. The van der Waals surface area contributed by atoms with E-state index in [9.17, 15) is 66.1 Å². The fourth-order valence-corrected chi connectivity index (χ4v) is 14.5. The van der Waals surface area contributed by atoms with Gasteiger partial charge in [0.25, 0.3) is 0 Å². The molecule has 0 unspecified atom stereocenters. The van der Waals surface area contributed by atoms with Gasteiger partial charge in [0.2, 0.25) is 0 Å². The first kappa shape index (κ1) is 52.2. The van der Waals surface area contributed by atoms with Crippen molar-refractivity contribution < 1.29 is 104 Å². The van der Waals surface area contributed by atoms with Crippen LogP contribution in [0.5, 0.6) is 0 Å². The molecule has 21 heteroatoms. The van der Waals surface area contributed by atoms with Crippen molar-refractivity contribution in [2.75, 3.05) is 26.9 Å². The Labute approximate surface area is 390 Å². The Kier molecular flexibility index (Phi) is 15.1. The van der Waals surface area contributed by atoms with Gasteiger partial charge in [-0.25, -0.2) is 0 Å². The van der Waals surface area contributed by atoms with E-state index < -0.39 is 128 Å². The largest absolute Gasteiger partial charge is 0.394 e. The van der Waals surface area contributed by atoms with Crippen molar-refractivity contribution in [3.8, 4) is 0 Å². The minimum absolute atomic E-state index is 0.0153. The van der Waals surface area contributed by atoms with Crippen LogP contribution in [0, 0.1) is 52.3 Å². The van der Waals surface area contributed by atoms with Gasteiger partial charge in [0.05, 0.1) is 31.5 Å². The normalized spacial score (nSPS) is 55.9. The van der Waals surface area contributed by atoms with Crippen molar-refractivity contribution >= 4 is 5.78 Å². The fourth-order valence-electron chi connectivity index (χ4n) is 14.5. The zero-order valence-electron chi connectivity index (χ0n) is 39.2. The van der Waals surface area contributed by atoms with E-state index in [4.69, 9.17) is 37.9 Å². The van der Waals surface area contributed by atoms with Gasteiger partial charge in [-0.05, 0) is 73.0 Å². The van der Waals surface area contributed by atoms with E-state index in [0.29, 0.717) is 19.3 Å². The van der Waals surface area contributed by atoms with Crippen LogP contribution in [-0.2, 0) is 42.7 Å². The number of ketones is 1. The molecule has 8 fully saturated rings. The molecule has 4 aliphatic heterocycles. The van der Waals surface area contributed by atoms with E-state index in [1.165, 1.54) is 0 Å². The predicted octanol–water partition coefficient (Wildman–Crippen LogP) is -2.63. The smallest absolute Gasteiger partial charge is 0.189 e. The molecule has 386 valence electrons. The number of hydrogen-bond donors (Lipinski definition) is 12. The molecule has 21 nitrogen and oxygen atoms in total. The van der Waals surface area contributed by atoms with Crippen molar-refractivity contribution in [2.24, 2.45) is 52.3 Å². The number of carbonyl (C=O) groups excluding carboxylic acids is 1. The fraction of sp³-hybridized carbons (Fsp3) is 0.978. The van der Waals surface area contributed by atoms with Crippen LogP contribution in [0.1, 0.15) is 86.0 Å². The summed E-state index contributed by atoms with van der Waals surface area (Å²) in [5.41, 5.74) is -2.36. The summed E-state index contributed by atoms with van der Waals surface area (Å²) in [7, 11) is 1.67. The summed E-state index contributed by atoms with van der Waals surface area (Å²) in [6.45, 7) is 9.43. The number of rotatable bonds is 13. The van der Waals surface area contributed by atoms with E-state index in [-0.39, 0.29) is 78.2 Å². The number of carbonyl (C=O) groups is 1. The van der Waals surface area contributed by atoms with Gasteiger partial charge in [-0.15, -0.1) is 0 Å². The summed E-state index contributed by atoms with van der Waals surface area (Å²) in [6, 6.07) is 0. The van der Waals surface area contributed by atoms with Crippen LogP contribution in [0.15, 0.2) is 0 Å². The first-order valence-corrected chi connectivity index (χ1v) is 24.2. The third kappa shape index (κ3) is 8.58. The third-order valence-corrected chi connectivity index (χ3v) is 18.4. The topological polar surface area (TPSA) is 334 Å². The SMILES string of the molecule is CO[C@]1(CC[C@@H](C)CO[C@@H]2O[C@H](CO)[C@@H](O)[C@H](O)[C@H]2O)O[C@H]2C[C@H]3[C@@H]4C[C@@H](C)[C@@]5(O)C[C@@H](O[C@@H]6O[C@H](CO)[C@@H](O)[C@H](O)[C@H]6O[C@@H]6O[C@@H](O)[C@H](O)[C@@H](O)[C@H]6O)C(=O)C[C@]5(C)[C@H]4CC[C@]3(C)[C@H]2[C@@H]1C. The van der Waals surface area contributed by atoms with Crippen molar-refractivity contribution in [3.05, 3.63) is 0 Å². The molecule has 28 atom stereocenters. The van der Waals surface area contributed by atoms with Gasteiger partial charge in [-0.3, -0.25) is 4.79 Å². The number of aliphatic hydroxyl groups excluding tert-OH is 11. The highest BCUT2D eigenvalue weighted by Crippen LogP contribution is 2.72. The van der Waals surface area contributed by atoms with Crippen molar-refractivity contribution in [1.82, 2.24) is 0 Å². The second-order valence-electron chi connectivity index (χ2n) is 21.9. The van der Waals surface area contributed by atoms with Gasteiger partial charge < -0.3 is 99.2 Å². The van der Waals surface area contributed by atoms with E-state index >= 15 is 0 Å². The van der Waals surface area contributed by atoms with E-state index in [1.807, 2.05) is 20.8 Å². The molecule has 12 N–H and O–H groups in total. The van der Waals surface area contributed by atoms with Crippen LogP contribution in [0.3, 0.4) is 0 Å². The Morgan fingerprint density at radius 3 is 2.04 bits per heavy atom. The Morgan fingerprint density at radius 2 is 1.39 bits per heavy atom. The second-order valence-corrected chi connectivity index (χ2v) is 21.9. The molecule has 0 spiro atoms. The summed E-state index contributed by atoms with van der Waals surface area (Å²) in [5, 5.41) is 126. The van der Waals surface area contributed by atoms with Crippen LogP contribution >= 0.6 is 0 Å². The van der Waals surface area contributed by atoms with Gasteiger partial charge in [0, 0.05) is 37.7 Å². The number of aliphatic hydroxyl groups is 12. The van der Waals surface area contributed by atoms with E-state index in [2.05, 4.69) is 13.8 Å². The number of Topliss-reactive ketones (excluding diaryl/α,β-unsaturated/α-hetero) is 1. The average molecular weight is 965 g/mol. The molecule has 8 rings (SSSR count). The maximum Gasteiger partial charge on any atom is 0.189 e. The maximum atomic E-state index is 14.4. The molecule has 0 amide bonds. The van der Waals surface area contributed by atoms with Gasteiger partial charge in [-0.2, -0.15) is 0 Å². The minimum atomic E-state index is -1.98. The first-order valence-electron chi connectivity index (χ1n) is 24.2. The second kappa shape index (κ2) is 19.4. The van der Waals surface area contributed by atoms with E-state index in [0.717, 1.165) is 19.3 Å². The number of fused-ring (bicyclic) bond motifs is 7. The van der Waals surface area contributed by atoms with Crippen LogP contribution in [0.25, 0.3) is 0 Å². The molecule has 0 aromatic heterocycles. The molecule has 0 radical (unpaired) electrons. The summed E-state index contributed by atoms with van der Waals surface area (Å²) in [6.07, 6.45) is -21.8. The third-order valence-electron chi connectivity index (χ3n) is 18.4. The maximum absolute atomic E-state index is 14.4. The molecule has 4 saturated carbocycles. The van der Waals surface area contributed by atoms with Crippen LogP contribution in [0.2, 0.25) is 0 Å². The zero-order chi connectivity index (χ0) is 48.9. The summed E-state index contributed by atoms with van der Waals surface area (Å²) >= 11 is 0. The Bertz CT molecular complexity index is 1730. The lowest BCUT2D eigenvalue weighted by Gasteiger charge is -2.66. The Morgan fingerprint density at radius 1 is 0.761 bits per heavy atom. The molecule has 4 saturated heterocycles. The lowest BCUT2D eigenvalue weighted by molar-refractivity contribution is -0.388. The van der Waals surface area contributed by atoms with Crippen LogP contribution in [-0.4, -0.2) is 210 Å². The van der Waals surface area contributed by atoms with Gasteiger partial charge in [0.1, 0.15) is 73.2 Å². The monoisotopic (exact) mass is 964 g/mol. The van der Waals surface area contributed by atoms with Crippen molar-refractivity contribution in [1.29, 1.82) is 0 Å². The summed E-state index contributed by atoms with van der Waals surface area (Å²) in [5.74, 6) is -0.914. The molecule has 8 aliphatic rings. The lowest BCUT2D eigenvalue weighted by Crippen LogP contribution is -2.69. The molecular formula is C46H76O21. The molecule has 0 bridgehead atoms. The van der Waals surface area contributed by atoms with Crippen LogP contribution < -0.4 is 0 Å². The Balaban J connectivity index is 0.929. The molecule has 0 aromatic carbocycles. The molecule has 4 heterocycles. The highest BCUT2D eigenvalue weighted by Gasteiger charge is 2.72. The zero-order valence-corrected chi connectivity index (χ0v) is 39.2. The standard InChI is InChI=1S/C46H76O21/c1-18(17-61-40-36(56)32(52)30(50)27(15-47)63-40)7-10-46(60-6)20(3)29-25(67-46)12-23-21-11-19(2)45(59)14-26(24(49)13-44(45,5)22(21)8-9-43(23,29)4)62-42-38(34(54)31(51)28(16-48)64-42)65-41-37(57)33(53)35(55)39(58)66-41/h18-23,25-42,47-48,50-59H,7-17H2,1-6H3/t18-,19-,20+,21-,22+,23+,25+,26-,27-,28-,29+,30-,31-,32+,33-,34+,35-,36-,37-,38-,39-,40-,41-,42-,43+,44-,45+,46-/m1/s1. The number of methoxy groups -OCH3 is 1. The molecule has 67 heavy (non-hydrogen) atoms. The Hall–Kier alpha value is -1.13. The molecule has 0 aromatic rings. The van der Waals surface area contributed by atoms with E-state index in [1.54, 1.807) is 7.11 Å². The number of ether oxygens (including phenoxy) is 8. The highest BCUT2D eigenvalue weighted by molar-refractivity contribution is 5.85. The number of hydrogen-bond acceptors (Lipinski definition) is 21. The first-order chi connectivity index (χ1) is 31.5. The quantitative estimate of drug-likeness (QED) is 0.0841. The van der Waals surface area contributed by atoms with Gasteiger partial charge >= 0.3 is 0 Å². The van der Waals surface area contributed by atoms with Gasteiger partial charge in [0.15, 0.2) is 36.7 Å². The van der Waals surface area contributed by atoms with Crippen molar-refractivity contribution in [2.45, 2.75) is 202 Å². The molecular weight excluding hydrogens is 888 g/mol. The van der Waals surface area contributed by atoms with Crippen molar-refractivity contribution in [3.63, 3.8) is 0 Å².